The minimum atomic E-state index is -0.0482. The van der Waals surface area contributed by atoms with Crippen molar-refractivity contribution in [1.29, 1.82) is 0 Å². The number of hydrogen-bond acceptors (Lipinski definition) is 4. The maximum absolute atomic E-state index is 11.9. The Bertz CT molecular complexity index is 537. The predicted molar refractivity (Wildman–Crippen MR) is 78.5 cm³/mol. The molecule has 0 spiro atoms. The van der Waals surface area contributed by atoms with Gasteiger partial charge >= 0.3 is 0 Å². The molecule has 0 radical (unpaired) electrons. The number of benzene rings is 1. The molecule has 1 aromatic heterocycles. The second-order valence-electron chi connectivity index (χ2n) is 4.49. The van der Waals surface area contributed by atoms with E-state index in [4.69, 9.17) is 0 Å². The Morgan fingerprint density at radius 1 is 1.42 bits per heavy atom. The van der Waals surface area contributed by atoms with Crippen LogP contribution in [0.1, 0.15) is 29.2 Å². The lowest BCUT2D eigenvalue weighted by molar-refractivity contribution is 0.0943. The van der Waals surface area contributed by atoms with Gasteiger partial charge in [-0.25, -0.2) is 4.98 Å². The normalized spacial score (nSPS) is 10.5. The largest absolute Gasteiger partial charge is 0.379 e. The first-order valence-corrected chi connectivity index (χ1v) is 7.06. The lowest BCUT2D eigenvalue weighted by Gasteiger charge is -2.10. The quantitative estimate of drug-likeness (QED) is 0.882. The third-order valence-electron chi connectivity index (χ3n) is 2.47. The fourth-order valence-corrected chi connectivity index (χ4v) is 2.19. The Labute approximate surface area is 116 Å². The molecule has 1 heterocycles. The molecule has 2 N–H and O–H groups in total. The molecule has 0 bridgehead atoms. The van der Waals surface area contributed by atoms with E-state index in [1.807, 2.05) is 43.5 Å². The Hall–Kier alpha value is -1.88. The zero-order chi connectivity index (χ0) is 13.7. The highest BCUT2D eigenvalue weighted by molar-refractivity contribution is 7.09. The zero-order valence-corrected chi connectivity index (χ0v) is 11.8. The zero-order valence-electron chi connectivity index (χ0n) is 11.0. The van der Waals surface area contributed by atoms with Crippen LogP contribution in [-0.2, 0) is 6.54 Å². The smallest absolute Gasteiger partial charge is 0.251 e. The molecule has 0 aliphatic rings. The van der Waals surface area contributed by atoms with E-state index in [1.165, 1.54) is 0 Å². The van der Waals surface area contributed by atoms with Gasteiger partial charge < -0.3 is 10.6 Å². The van der Waals surface area contributed by atoms with E-state index < -0.39 is 0 Å². The summed E-state index contributed by atoms with van der Waals surface area (Å²) in [6, 6.07) is 7.62. The van der Waals surface area contributed by atoms with Crippen molar-refractivity contribution in [2.45, 2.75) is 26.4 Å². The van der Waals surface area contributed by atoms with Crippen LogP contribution in [0.4, 0.5) is 5.69 Å². The molecular formula is C14H17N3OS. The number of nitrogens with one attached hydrogen (secondary N) is 2. The van der Waals surface area contributed by atoms with E-state index in [1.54, 1.807) is 17.5 Å². The Balaban J connectivity index is 2.00. The van der Waals surface area contributed by atoms with E-state index in [-0.39, 0.29) is 11.9 Å². The van der Waals surface area contributed by atoms with Gasteiger partial charge in [0.05, 0.1) is 6.54 Å². The monoisotopic (exact) mass is 275 g/mol. The van der Waals surface area contributed by atoms with Crippen molar-refractivity contribution in [3.63, 3.8) is 0 Å². The third-order valence-corrected chi connectivity index (χ3v) is 3.25. The van der Waals surface area contributed by atoms with Crippen molar-refractivity contribution >= 4 is 22.9 Å². The maximum Gasteiger partial charge on any atom is 0.251 e. The number of anilines is 1. The second kappa shape index (κ2) is 6.33. The van der Waals surface area contributed by atoms with Crippen LogP contribution in [0, 0.1) is 0 Å². The summed E-state index contributed by atoms with van der Waals surface area (Å²) in [6.45, 7) is 4.57. The predicted octanol–water partition coefficient (Wildman–Crippen LogP) is 2.89. The number of carbonyl (C=O) groups is 1. The highest BCUT2D eigenvalue weighted by atomic mass is 32.1. The number of thiazole rings is 1. The van der Waals surface area contributed by atoms with Crippen LogP contribution in [0.2, 0.25) is 0 Å². The fraction of sp³-hybridized carbons (Fsp3) is 0.286. The molecule has 0 fully saturated rings. The van der Waals surface area contributed by atoms with Gasteiger partial charge in [0.1, 0.15) is 5.01 Å². The standard InChI is InChI=1S/C14H17N3OS/c1-10(2)17-14(18)11-4-3-5-12(8-11)16-9-13-15-6-7-19-13/h3-8,10,16H,9H2,1-2H3,(H,17,18). The highest BCUT2D eigenvalue weighted by Gasteiger charge is 2.07. The number of aromatic nitrogens is 1. The fourth-order valence-electron chi connectivity index (χ4n) is 1.63. The van der Waals surface area contributed by atoms with Crippen molar-refractivity contribution in [3.8, 4) is 0 Å². The minimum absolute atomic E-state index is 0.0482. The van der Waals surface area contributed by atoms with Crippen LogP contribution >= 0.6 is 11.3 Å². The lowest BCUT2D eigenvalue weighted by Crippen LogP contribution is -2.30. The maximum atomic E-state index is 11.9. The van der Waals surface area contributed by atoms with E-state index in [0.717, 1.165) is 10.7 Å². The van der Waals surface area contributed by atoms with Crippen LogP contribution in [0.15, 0.2) is 35.8 Å². The Morgan fingerprint density at radius 2 is 2.26 bits per heavy atom. The summed E-state index contributed by atoms with van der Waals surface area (Å²) in [7, 11) is 0. The molecule has 100 valence electrons. The van der Waals surface area contributed by atoms with Gasteiger partial charge in [0, 0.05) is 28.9 Å². The molecule has 1 aromatic carbocycles. The van der Waals surface area contributed by atoms with E-state index >= 15 is 0 Å². The molecular weight excluding hydrogens is 258 g/mol. The van der Waals surface area contributed by atoms with Crippen molar-refractivity contribution < 1.29 is 4.79 Å². The number of rotatable bonds is 5. The first-order valence-electron chi connectivity index (χ1n) is 6.18. The molecule has 4 nitrogen and oxygen atoms in total. The number of amides is 1. The molecule has 0 saturated heterocycles. The lowest BCUT2D eigenvalue weighted by atomic mass is 10.2. The molecule has 0 atom stereocenters. The molecule has 5 heteroatoms. The summed E-state index contributed by atoms with van der Waals surface area (Å²) in [4.78, 5) is 16.1. The molecule has 0 aliphatic carbocycles. The van der Waals surface area contributed by atoms with Gasteiger partial charge in [-0.3, -0.25) is 4.79 Å². The average molecular weight is 275 g/mol. The molecule has 19 heavy (non-hydrogen) atoms. The van der Waals surface area contributed by atoms with E-state index in [2.05, 4.69) is 15.6 Å². The van der Waals surface area contributed by atoms with Crippen molar-refractivity contribution in [3.05, 3.63) is 46.4 Å². The van der Waals surface area contributed by atoms with Crippen LogP contribution in [0.5, 0.6) is 0 Å². The molecule has 2 rings (SSSR count). The van der Waals surface area contributed by atoms with E-state index in [0.29, 0.717) is 12.1 Å². The molecule has 1 amide bonds. The van der Waals surface area contributed by atoms with E-state index in [9.17, 15) is 4.79 Å². The average Bonchev–Trinajstić information content (AvgIpc) is 2.89. The topological polar surface area (TPSA) is 54.0 Å². The van der Waals surface area contributed by atoms with Gasteiger partial charge in [-0.05, 0) is 32.0 Å². The van der Waals surface area contributed by atoms with Gasteiger partial charge in [-0.1, -0.05) is 6.07 Å². The number of carbonyl (C=O) groups excluding carboxylic acids is 1. The highest BCUT2D eigenvalue weighted by Crippen LogP contribution is 2.13. The molecule has 2 aromatic rings. The SMILES string of the molecule is CC(C)NC(=O)c1cccc(NCc2nccs2)c1. The summed E-state index contributed by atoms with van der Waals surface area (Å²) in [5, 5.41) is 9.12. The second-order valence-corrected chi connectivity index (χ2v) is 5.47. The molecule has 0 saturated carbocycles. The summed E-state index contributed by atoms with van der Waals surface area (Å²) in [5.74, 6) is -0.0482. The third kappa shape index (κ3) is 4.06. The number of nitrogens with zero attached hydrogens (tertiary/aromatic N) is 1. The number of hydrogen-bond donors (Lipinski definition) is 2. The molecule has 0 unspecified atom stereocenters. The first kappa shape index (κ1) is 13.5. The van der Waals surface area contributed by atoms with Gasteiger partial charge in [0.2, 0.25) is 0 Å². The minimum Gasteiger partial charge on any atom is -0.379 e. The summed E-state index contributed by atoms with van der Waals surface area (Å²) >= 11 is 1.61. The van der Waals surface area contributed by atoms with Crippen LogP contribution in [-0.4, -0.2) is 16.9 Å². The Kier molecular flexibility index (Phi) is 4.52. The van der Waals surface area contributed by atoms with Crippen molar-refractivity contribution in [1.82, 2.24) is 10.3 Å². The van der Waals surface area contributed by atoms with Gasteiger partial charge in [0.15, 0.2) is 0 Å². The van der Waals surface area contributed by atoms with Gasteiger partial charge in [0.25, 0.3) is 5.91 Å². The first-order chi connectivity index (χ1) is 9.15. The van der Waals surface area contributed by atoms with Crippen molar-refractivity contribution in [2.75, 3.05) is 5.32 Å². The van der Waals surface area contributed by atoms with Gasteiger partial charge in [-0.15, -0.1) is 11.3 Å². The van der Waals surface area contributed by atoms with Crippen LogP contribution < -0.4 is 10.6 Å². The van der Waals surface area contributed by atoms with Gasteiger partial charge in [-0.2, -0.15) is 0 Å². The summed E-state index contributed by atoms with van der Waals surface area (Å²) < 4.78 is 0. The summed E-state index contributed by atoms with van der Waals surface area (Å²) in [5.41, 5.74) is 1.59. The summed E-state index contributed by atoms with van der Waals surface area (Å²) in [6.07, 6.45) is 1.79. The van der Waals surface area contributed by atoms with Crippen LogP contribution in [0.25, 0.3) is 0 Å². The van der Waals surface area contributed by atoms with Crippen molar-refractivity contribution in [2.24, 2.45) is 0 Å². The van der Waals surface area contributed by atoms with Crippen LogP contribution in [0.3, 0.4) is 0 Å². The Morgan fingerprint density at radius 3 is 2.95 bits per heavy atom. The molecule has 0 aliphatic heterocycles.